The van der Waals surface area contributed by atoms with E-state index in [9.17, 15) is 14.4 Å². The van der Waals surface area contributed by atoms with Crippen LogP contribution in [0.2, 0.25) is 0 Å². The van der Waals surface area contributed by atoms with Crippen molar-refractivity contribution in [3.05, 3.63) is 0 Å². The lowest BCUT2D eigenvalue weighted by Gasteiger charge is -2.26. The van der Waals surface area contributed by atoms with Gasteiger partial charge in [0.1, 0.15) is 12.1 Å². The van der Waals surface area contributed by atoms with E-state index in [2.05, 4.69) is 10.6 Å². The Bertz CT molecular complexity index is 360. The molecule has 2 unspecified atom stereocenters. The Kier molecular flexibility index (Phi) is 7.64. The van der Waals surface area contributed by atoms with E-state index in [1.54, 1.807) is 13.8 Å². The van der Waals surface area contributed by atoms with Gasteiger partial charge in [-0.3, -0.25) is 4.79 Å². The Hall–Kier alpha value is -1.79. The lowest BCUT2D eigenvalue weighted by molar-refractivity contribution is -0.143. The second-order valence-corrected chi connectivity index (χ2v) is 5.08. The van der Waals surface area contributed by atoms with Crippen LogP contribution in [0.15, 0.2) is 0 Å². The van der Waals surface area contributed by atoms with Crippen LogP contribution in [0.4, 0.5) is 4.79 Å². The molecule has 0 heterocycles. The van der Waals surface area contributed by atoms with Gasteiger partial charge >= 0.3 is 12.0 Å². The van der Waals surface area contributed by atoms with Crippen molar-refractivity contribution in [2.24, 2.45) is 17.6 Å². The Labute approximate surface area is 119 Å². The number of hydrogen-bond donors (Lipinski definition) is 4. The minimum Gasteiger partial charge on any atom is -0.480 e. The fourth-order valence-electron chi connectivity index (χ4n) is 1.78. The highest BCUT2D eigenvalue weighted by molar-refractivity contribution is 5.90. The standard InChI is InChI=1S/C13H25N3O4/c1-5-7(3)9(16-13(14)20)11(17)15-10(12(18)19)8(4)6-2/h7-10H,5-6H2,1-4H3,(H,15,17)(H,18,19)(H3,14,16,20)/t7?,8-,9?,10-/m0/s1. The molecule has 7 nitrogen and oxygen atoms in total. The van der Waals surface area contributed by atoms with Gasteiger partial charge in [0.05, 0.1) is 0 Å². The molecule has 0 saturated heterocycles. The van der Waals surface area contributed by atoms with Crippen LogP contribution in [0.5, 0.6) is 0 Å². The van der Waals surface area contributed by atoms with Gasteiger partial charge in [-0.1, -0.05) is 40.5 Å². The molecule has 0 radical (unpaired) electrons. The van der Waals surface area contributed by atoms with E-state index >= 15 is 0 Å². The van der Waals surface area contributed by atoms with Crippen molar-refractivity contribution in [2.75, 3.05) is 0 Å². The number of carboxylic acid groups (broad SMARTS) is 1. The van der Waals surface area contributed by atoms with Gasteiger partial charge in [-0.15, -0.1) is 0 Å². The molecule has 0 fully saturated rings. The third-order valence-corrected chi connectivity index (χ3v) is 3.57. The molecule has 0 aliphatic heterocycles. The minimum absolute atomic E-state index is 0.145. The first-order chi connectivity index (χ1) is 9.24. The molecule has 20 heavy (non-hydrogen) atoms. The molecular formula is C13H25N3O4. The van der Waals surface area contributed by atoms with E-state index < -0.39 is 30.0 Å². The van der Waals surface area contributed by atoms with Gasteiger partial charge < -0.3 is 21.5 Å². The Morgan fingerprint density at radius 1 is 1.00 bits per heavy atom. The second kappa shape index (κ2) is 8.39. The summed E-state index contributed by atoms with van der Waals surface area (Å²) in [5, 5.41) is 14.0. The van der Waals surface area contributed by atoms with Crippen LogP contribution in [0, 0.1) is 11.8 Å². The number of nitrogens with two attached hydrogens (primary N) is 1. The van der Waals surface area contributed by atoms with Crippen molar-refractivity contribution in [1.29, 1.82) is 0 Å². The van der Waals surface area contributed by atoms with Crippen molar-refractivity contribution in [3.8, 4) is 0 Å². The van der Waals surface area contributed by atoms with Crippen molar-refractivity contribution in [1.82, 2.24) is 10.6 Å². The van der Waals surface area contributed by atoms with Crippen LogP contribution in [0.25, 0.3) is 0 Å². The van der Waals surface area contributed by atoms with E-state index in [1.807, 2.05) is 13.8 Å². The van der Waals surface area contributed by atoms with E-state index in [1.165, 1.54) is 0 Å². The maximum atomic E-state index is 12.2. The Morgan fingerprint density at radius 2 is 1.45 bits per heavy atom. The minimum atomic E-state index is -1.09. The molecule has 4 atom stereocenters. The molecule has 0 rings (SSSR count). The normalized spacial score (nSPS) is 16.6. The van der Waals surface area contributed by atoms with Crippen molar-refractivity contribution in [2.45, 2.75) is 52.6 Å². The van der Waals surface area contributed by atoms with Crippen LogP contribution < -0.4 is 16.4 Å². The van der Waals surface area contributed by atoms with Gasteiger partial charge in [0.15, 0.2) is 0 Å². The fraction of sp³-hybridized carbons (Fsp3) is 0.769. The number of nitrogens with one attached hydrogen (secondary N) is 2. The number of amides is 3. The summed E-state index contributed by atoms with van der Waals surface area (Å²) in [7, 11) is 0. The summed E-state index contributed by atoms with van der Waals surface area (Å²) >= 11 is 0. The number of urea groups is 1. The van der Waals surface area contributed by atoms with Crippen LogP contribution >= 0.6 is 0 Å². The summed E-state index contributed by atoms with van der Waals surface area (Å²) in [6.45, 7) is 7.26. The molecule has 7 heteroatoms. The summed E-state index contributed by atoms with van der Waals surface area (Å²) in [6, 6.07) is -2.61. The molecule has 0 aliphatic rings. The van der Waals surface area contributed by atoms with Crippen LogP contribution in [-0.2, 0) is 9.59 Å². The van der Waals surface area contributed by atoms with Gasteiger partial charge in [-0.25, -0.2) is 9.59 Å². The van der Waals surface area contributed by atoms with E-state index in [4.69, 9.17) is 10.8 Å². The molecule has 3 amide bonds. The zero-order valence-corrected chi connectivity index (χ0v) is 12.5. The SMILES string of the molecule is CCC(C)C(NC(N)=O)C(=O)N[C@H](C(=O)O)[C@@H](C)CC. The van der Waals surface area contributed by atoms with E-state index in [-0.39, 0.29) is 11.8 Å². The number of carbonyl (C=O) groups is 3. The molecule has 0 saturated carbocycles. The van der Waals surface area contributed by atoms with E-state index in [0.717, 1.165) is 0 Å². The summed E-state index contributed by atoms with van der Waals surface area (Å²) in [5.74, 6) is -1.96. The summed E-state index contributed by atoms with van der Waals surface area (Å²) in [5.41, 5.74) is 5.05. The Balaban J connectivity index is 4.96. The average Bonchev–Trinajstić information content (AvgIpc) is 2.39. The van der Waals surface area contributed by atoms with Gasteiger partial charge in [0.25, 0.3) is 0 Å². The molecule has 0 spiro atoms. The fourth-order valence-corrected chi connectivity index (χ4v) is 1.78. The molecule has 0 bridgehead atoms. The molecule has 116 valence electrons. The predicted molar refractivity (Wildman–Crippen MR) is 75.0 cm³/mol. The third-order valence-electron chi connectivity index (χ3n) is 3.57. The van der Waals surface area contributed by atoms with Crippen LogP contribution in [-0.4, -0.2) is 35.1 Å². The summed E-state index contributed by atoms with van der Waals surface area (Å²) in [4.78, 5) is 34.3. The number of carbonyl (C=O) groups excluding carboxylic acids is 2. The van der Waals surface area contributed by atoms with Crippen LogP contribution in [0.1, 0.15) is 40.5 Å². The summed E-state index contributed by atoms with van der Waals surface area (Å²) in [6.07, 6.45) is 1.27. The zero-order valence-electron chi connectivity index (χ0n) is 12.5. The maximum absolute atomic E-state index is 12.2. The number of primary amides is 1. The zero-order chi connectivity index (χ0) is 15.9. The highest BCUT2D eigenvalue weighted by atomic mass is 16.4. The van der Waals surface area contributed by atoms with Gasteiger partial charge in [0.2, 0.25) is 5.91 Å². The molecule has 0 aromatic heterocycles. The summed E-state index contributed by atoms with van der Waals surface area (Å²) < 4.78 is 0. The van der Waals surface area contributed by atoms with Gasteiger partial charge in [0, 0.05) is 0 Å². The van der Waals surface area contributed by atoms with Crippen LogP contribution in [0.3, 0.4) is 0 Å². The first kappa shape index (κ1) is 18.2. The van der Waals surface area contributed by atoms with Gasteiger partial charge in [-0.2, -0.15) is 0 Å². The monoisotopic (exact) mass is 287 g/mol. The number of aliphatic carboxylic acids is 1. The van der Waals surface area contributed by atoms with Crippen molar-refractivity contribution in [3.63, 3.8) is 0 Å². The molecule has 0 aliphatic carbocycles. The number of rotatable bonds is 8. The first-order valence-corrected chi connectivity index (χ1v) is 6.83. The smallest absolute Gasteiger partial charge is 0.326 e. The highest BCUT2D eigenvalue weighted by Crippen LogP contribution is 2.11. The number of hydrogen-bond acceptors (Lipinski definition) is 3. The molecule has 0 aromatic rings. The first-order valence-electron chi connectivity index (χ1n) is 6.83. The molecule has 5 N–H and O–H groups in total. The average molecular weight is 287 g/mol. The quantitative estimate of drug-likeness (QED) is 0.524. The second-order valence-electron chi connectivity index (χ2n) is 5.08. The number of carboxylic acids is 1. The molecular weight excluding hydrogens is 262 g/mol. The van der Waals surface area contributed by atoms with Gasteiger partial charge in [-0.05, 0) is 11.8 Å². The highest BCUT2D eigenvalue weighted by Gasteiger charge is 2.31. The maximum Gasteiger partial charge on any atom is 0.326 e. The lowest BCUT2D eigenvalue weighted by Crippen LogP contribution is -2.56. The Morgan fingerprint density at radius 3 is 1.80 bits per heavy atom. The van der Waals surface area contributed by atoms with E-state index in [0.29, 0.717) is 12.8 Å². The lowest BCUT2D eigenvalue weighted by atomic mass is 9.95. The predicted octanol–water partition coefficient (Wildman–Crippen LogP) is 0.685. The molecule has 0 aromatic carbocycles. The van der Waals surface area contributed by atoms with Crippen molar-refractivity contribution >= 4 is 17.9 Å². The topological polar surface area (TPSA) is 122 Å². The third kappa shape index (κ3) is 5.46. The van der Waals surface area contributed by atoms with Crippen molar-refractivity contribution < 1.29 is 19.5 Å². The largest absolute Gasteiger partial charge is 0.480 e.